The van der Waals surface area contributed by atoms with E-state index in [1.807, 2.05) is 0 Å². The summed E-state index contributed by atoms with van der Waals surface area (Å²) < 4.78 is 4.98. The average molecular weight is 302 g/mol. The number of aliphatic hydroxyl groups excluding tert-OH is 1. The van der Waals surface area contributed by atoms with Crippen LogP contribution in [0.25, 0.3) is 0 Å². The van der Waals surface area contributed by atoms with Crippen molar-refractivity contribution in [1.82, 2.24) is 5.32 Å². The van der Waals surface area contributed by atoms with Crippen LogP contribution in [-0.4, -0.2) is 24.2 Å². The number of benzene rings is 1. The van der Waals surface area contributed by atoms with Crippen molar-refractivity contribution in [1.29, 1.82) is 0 Å². The molecule has 1 amide bonds. The van der Waals surface area contributed by atoms with Crippen molar-refractivity contribution in [3.63, 3.8) is 0 Å². The Morgan fingerprint density at radius 1 is 1.42 bits per heavy atom. The molecule has 19 heavy (non-hydrogen) atoms. The van der Waals surface area contributed by atoms with E-state index >= 15 is 0 Å². The van der Waals surface area contributed by atoms with E-state index < -0.39 is 6.10 Å². The van der Waals surface area contributed by atoms with Crippen LogP contribution < -0.4 is 5.32 Å². The number of aliphatic hydroxyl groups is 1. The van der Waals surface area contributed by atoms with Crippen molar-refractivity contribution in [2.24, 2.45) is 0 Å². The van der Waals surface area contributed by atoms with Crippen molar-refractivity contribution >= 4 is 29.1 Å². The third-order valence-electron chi connectivity index (χ3n) is 2.80. The van der Waals surface area contributed by atoms with Gasteiger partial charge in [-0.25, -0.2) is 0 Å². The highest BCUT2D eigenvalue weighted by Gasteiger charge is 2.19. The predicted octanol–water partition coefficient (Wildman–Crippen LogP) is 2.45. The van der Waals surface area contributed by atoms with Crippen LogP contribution >= 0.6 is 23.2 Å². The minimum atomic E-state index is -0.951. The second kappa shape index (κ2) is 6.28. The van der Waals surface area contributed by atoms with Crippen molar-refractivity contribution in [2.75, 3.05) is 13.2 Å². The normalized spacial score (nSPS) is 15.6. The molecule has 6 heteroatoms. The molecule has 0 saturated heterocycles. The summed E-state index contributed by atoms with van der Waals surface area (Å²) in [6.07, 6.45) is 1.06. The number of nitrogens with one attached hydrogen (secondary N) is 1. The fraction of sp³-hybridized carbons (Fsp3) is 0.308. The van der Waals surface area contributed by atoms with E-state index in [-0.39, 0.29) is 12.5 Å². The number of hydrogen-bond acceptors (Lipinski definition) is 3. The molecule has 0 aromatic heterocycles. The monoisotopic (exact) mass is 301 g/mol. The van der Waals surface area contributed by atoms with Crippen LogP contribution in [0.5, 0.6) is 0 Å². The molecule has 4 nitrogen and oxygen atoms in total. The zero-order valence-corrected chi connectivity index (χ0v) is 11.5. The fourth-order valence-electron chi connectivity index (χ4n) is 1.79. The summed E-state index contributed by atoms with van der Waals surface area (Å²) in [5.74, 6) is -0.250. The topological polar surface area (TPSA) is 58.6 Å². The Hall–Kier alpha value is -1.23. The first-order chi connectivity index (χ1) is 9.09. The molecule has 1 atom stereocenters. The smallest absolute Gasteiger partial charge is 0.250 e. The van der Waals surface area contributed by atoms with Gasteiger partial charge >= 0.3 is 0 Å². The lowest BCUT2D eigenvalue weighted by Gasteiger charge is -2.15. The average Bonchev–Trinajstić information content (AvgIpc) is 2.89. The minimum absolute atomic E-state index is 0.0413. The molecule has 1 aromatic carbocycles. The van der Waals surface area contributed by atoms with Crippen LogP contribution in [0.4, 0.5) is 0 Å². The molecule has 1 aliphatic rings. The van der Waals surface area contributed by atoms with Gasteiger partial charge in [0.25, 0.3) is 5.91 Å². The summed E-state index contributed by atoms with van der Waals surface area (Å²) in [5.41, 5.74) is 0.986. The van der Waals surface area contributed by atoms with Crippen LogP contribution in [0, 0.1) is 0 Å². The number of halogens is 2. The molecular formula is C13H13Cl2NO3. The highest BCUT2D eigenvalue weighted by molar-refractivity contribution is 6.36. The molecule has 0 fully saturated rings. The van der Waals surface area contributed by atoms with Gasteiger partial charge < -0.3 is 15.2 Å². The van der Waals surface area contributed by atoms with E-state index in [4.69, 9.17) is 27.9 Å². The van der Waals surface area contributed by atoms with Crippen LogP contribution in [0.1, 0.15) is 18.1 Å². The molecule has 0 unspecified atom stereocenters. The number of carbonyl (C=O) groups excluding carboxylic acids is 1. The fourth-order valence-corrected chi connectivity index (χ4v) is 2.44. The van der Waals surface area contributed by atoms with Crippen LogP contribution in [0.15, 0.2) is 30.0 Å². The Balaban J connectivity index is 1.97. The number of ether oxygens (including phenoxy) is 1. The van der Waals surface area contributed by atoms with Gasteiger partial charge in [0.1, 0.15) is 0 Å². The van der Waals surface area contributed by atoms with Crippen molar-refractivity contribution < 1.29 is 14.6 Å². The van der Waals surface area contributed by atoms with Gasteiger partial charge in [-0.3, -0.25) is 4.79 Å². The van der Waals surface area contributed by atoms with Crippen LogP contribution in [0.2, 0.25) is 10.0 Å². The predicted molar refractivity (Wildman–Crippen MR) is 73.1 cm³/mol. The largest absolute Gasteiger partial charge is 0.500 e. The number of carbonyl (C=O) groups is 1. The molecule has 1 aromatic rings. The lowest BCUT2D eigenvalue weighted by atomic mass is 10.1. The van der Waals surface area contributed by atoms with Gasteiger partial charge in [0, 0.05) is 28.6 Å². The zero-order chi connectivity index (χ0) is 13.8. The van der Waals surface area contributed by atoms with Crippen LogP contribution in [0.3, 0.4) is 0 Å². The quantitative estimate of drug-likeness (QED) is 0.898. The van der Waals surface area contributed by atoms with Crippen molar-refractivity contribution in [2.45, 2.75) is 12.5 Å². The SMILES string of the molecule is O=C(NC[C@H](O)c1c(Cl)cccc1Cl)C1=COCC1. The maximum atomic E-state index is 11.7. The van der Waals surface area contributed by atoms with Gasteiger partial charge in [-0.15, -0.1) is 0 Å². The summed E-state index contributed by atoms with van der Waals surface area (Å²) in [6, 6.07) is 4.97. The van der Waals surface area contributed by atoms with E-state index in [1.165, 1.54) is 6.26 Å². The maximum absolute atomic E-state index is 11.7. The Morgan fingerprint density at radius 3 is 2.68 bits per heavy atom. The Labute approximate surface area is 121 Å². The summed E-state index contributed by atoms with van der Waals surface area (Å²) in [7, 11) is 0. The van der Waals surface area contributed by atoms with Gasteiger partial charge in [0.15, 0.2) is 0 Å². The molecule has 0 radical (unpaired) electrons. The summed E-state index contributed by atoms with van der Waals surface area (Å²) >= 11 is 12.0. The third-order valence-corrected chi connectivity index (χ3v) is 3.45. The van der Waals surface area contributed by atoms with E-state index in [9.17, 15) is 9.90 Å². The first-order valence-corrected chi connectivity index (χ1v) is 6.56. The van der Waals surface area contributed by atoms with Crippen molar-refractivity contribution in [3.8, 4) is 0 Å². The first kappa shape index (κ1) is 14.2. The van der Waals surface area contributed by atoms with Gasteiger partial charge in [-0.1, -0.05) is 29.3 Å². The molecule has 0 aliphatic carbocycles. The van der Waals surface area contributed by atoms with Gasteiger partial charge in [-0.2, -0.15) is 0 Å². The van der Waals surface area contributed by atoms with Crippen molar-refractivity contribution in [3.05, 3.63) is 45.6 Å². The standard InChI is InChI=1S/C13H13Cl2NO3/c14-9-2-1-3-10(15)12(9)11(17)6-16-13(18)8-4-5-19-7-8/h1-3,7,11,17H,4-6H2,(H,16,18)/t11-/m0/s1. The Morgan fingerprint density at radius 2 is 2.11 bits per heavy atom. The maximum Gasteiger partial charge on any atom is 0.250 e. The molecule has 2 rings (SSSR count). The summed E-state index contributed by atoms with van der Waals surface area (Å²) in [5, 5.41) is 13.4. The Kier molecular flexibility index (Phi) is 4.69. The van der Waals surface area contributed by atoms with Gasteiger partial charge in [0.2, 0.25) is 0 Å². The summed E-state index contributed by atoms with van der Waals surface area (Å²) in [6.45, 7) is 0.557. The van der Waals surface area contributed by atoms with Gasteiger partial charge in [0.05, 0.1) is 24.5 Å². The van der Waals surface area contributed by atoms with E-state index in [0.717, 1.165) is 0 Å². The molecule has 102 valence electrons. The first-order valence-electron chi connectivity index (χ1n) is 5.80. The van der Waals surface area contributed by atoms with E-state index in [2.05, 4.69) is 5.32 Å². The number of amides is 1. The Bertz CT molecular complexity index is 496. The third kappa shape index (κ3) is 3.41. The molecule has 0 saturated carbocycles. The van der Waals surface area contributed by atoms with Crippen LogP contribution in [-0.2, 0) is 9.53 Å². The second-order valence-corrected chi connectivity index (χ2v) is 4.94. The van der Waals surface area contributed by atoms with E-state index in [1.54, 1.807) is 18.2 Å². The number of rotatable bonds is 4. The molecular weight excluding hydrogens is 289 g/mol. The zero-order valence-electron chi connectivity index (χ0n) is 10.0. The number of hydrogen-bond donors (Lipinski definition) is 2. The second-order valence-electron chi connectivity index (χ2n) is 4.13. The highest BCUT2D eigenvalue weighted by Crippen LogP contribution is 2.29. The lowest BCUT2D eigenvalue weighted by Crippen LogP contribution is -2.29. The van der Waals surface area contributed by atoms with Gasteiger partial charge in [-0.05, 0) is 12.1 Å². The molecule has 0 spiro atoms. The molecule has 0 bridgehead atoms. The molecule has 2 N–H and O–H groups in total. The molecule has 1 aliphatic heterocycles. The van der Waals surface area contributed by atoms with E-state index in [0.29, 0.717) is 34.2 Å². The minimum Gasteiger partial charge on any atom is -0.500 e. The lowest BCUT2D eigenvalue weighted by molar-refractivity contribution is -0.118. The highest BCUT2D eigenvalue weighted by atomic mass is 35.5. The summed E-state index contributed by atoms with van der Waals surface area (Å²) in [4.78, 5) is 11.7. The molecule has 1 heterocycles.